The van der Waals surface area contributed by atoms with Gasteiger partial charge in [-0.2, -0.15) is 4.98 Å². The second kappa shape index (κ2) is 7.30. The number of nitrogens with one attached hydrogen (secondary N) is 2. The lowest BCUT2D eigenvalue weighted by atomic mass is 10.1. The summed E-state index contributed by atoms with van der Waals surface area (Å²) < 4.78 is 22.4. The fourth-order valence-corrected chi connectivity index (χ4v) is 4.43. The Bertz CT molecular complexity index is 1500. The van der Waals surface area contributed by atoms with E-state index in [0.717, 1.165) is 11.9 Å². The summed E-state index contributed by atoms with van der Waals surface area (Å²) in [4.78, 5) is 17.4. The first-order valence-electron chi connectivity index (χ1n) is 11.0. The van der Waals surface area contributed by atoms with Crippen LogP contribution < -0.4 is 10.1 Å². The van der Waals surface area contributed by atoms with Crippen molar-refractivity contribution in [2.24, 2.45) is 0 Å². The van der Waals surface area contributed by atoms with Gasteiger partial charge in [0.1, 0.15) is 12.4 Å². The van der Waals surface area contributed by atoms with Gasteiger partial charge in [-0.05, 0) is 44.0 Å². The molecule has 1 aliphatic rings. The summed E-state index contributed by atoms with van der Waals surface area (Å²) in [7, 11) is 0. The molecule has 3 aromatic heterocycles. The Morgan fingerprint density at radius 2 is 1.91 bits per heavy atom. The Morgan fingerprint density at radius 3 is 2.79 bits per heavy atom. The van der Waals surface area contributed by atoms with Crippen LogP contribution >= 0.6 is 0 Å². The molecule has 6 rings (SSSR count). The standard InChI is InChI=1S/C25H23FN6O/c1-25(2)14-33-24-29-20-22(27-12-11-15-13-28-19-10-6-4-7-16(15)19)30-21(31-23(20)32(24)25)17-8-3-5-9-18(17)26/h3-10,13,28H,11-12,14H2,1-2H3,(H,27,30,31). The van der Waals surface area contributed by atoms with Gasteiger partial charge in [-0.3, -0.25) is 4.57 Å². The van der Waals surface area contributed by atoms with Crippen LogP contribution in [0.5, 0.6) is 6.01 Å². The second-order valence-corrected chi connectivity index (χ2v) is 8.92. The quantitative estimate of drug-likeness (QED) is 0.405. The van der Waals surface area contributed by atoms with E-state index in [4.69, 9.17) is 9.72 Å². The molecule has 7 nitrogen and oxygen atoms in total. The van der Waals surface area contributed by atoms with Gasteiger partial charge in [0, 0.05) is 23.6 Å². The van der Waals surface area contributed by atoms with Crippen LogP contribution in [0, 0.1) is 5.82 Å². The fraction of sp³-hybridized carbons (Fsp3) is 0.240. The monoisotopic (exact) mass is 442 g/mol. The topological polar surface area (TPSA) is 80.7 Å². The Kier molecular flexibility index (Phi) is 4.36. The van der Waals surface area contributed by atoms with Gasteiger partial charge < -0.3 is 15.0 Å². The van der Waals surface area contributed by atoms with Gasteiger partial charge in [-0.1, -0.05) is 30.3 Å². The van der Waals surface area contributed by atoms with Crippen LogP contribution in [0.15, 0.2) is 54.7 Å². The molecule has 0 unspecified atom stereocenters. The molecule has 166 valence electrons. The number of H-pyrrole nitrogens is 1. The number of ether oxygens (including phenoxy) is 1. The number of hydrogen-bond acceptors (Lipinski definition) is 5. The Balaban J connectivity index is 1.40. The summed E-state index contributed by atoms with van der Waals surface area (Å²) in [6.07, 6.45) is 2.83. The molecule has 0 amide bonds. The van der Waals surface area contributed by atoms with Crippen LogP contribution in [0.2, 0.25) is 0 Å². The highest BCUT2D eigenvalue weighted by molar-refractivity contribution is 5.87. The minimum absolute atomic E-state index is 0.313. The summed E-state index contributed by atoms with van der Waals surface area (Å²) >= 11 is 0. The van der Waals surface area contributed by atoms with E-state index in [1.54, 1.807) is 18.2 Å². The molecule has 33 heavy (non-hydrogen) atoms. The van der Waals surface area contributed by atoms with Crippen molar-refractivity contribution in [3.63, 3.8) is 0 Å². The number of benzene rings is 2. The average Bonchev–Trinajstić information content (AvgIpc) is 3.48. The maximum Gasteiger partial charge on any atom is 0.299 e. The summed E-state index contributed by atoms with van der Waals surface area (Å²) in [5.74, 6) is 0.526. The highest BCUT2D eigenvalue weighted by Gasteiger charge is 2.36. The normalized spacial score (nSPS) is 14.5. The summed E-state index contributed by atoms with van der Waals surface area (Å²) in [6, 6.07) is 15.3. The zero-order valence-corrected chi connectivity index (χ0v) is 18.4. The maximum atomic E-state index is 14.6. The summed E-state index contributed by atoms with van der Waals surface area (Å²) in [6.45, 7) is 5.28. The largest absolute Gasteiger partial charge is 0.462 e. The molecule has 0 bridgehead atoms. The number of aromatic nitrogens is 5. The fourth-order valence-electron chi connectivity index (χ4n) is 4.43. The molecule has 8 heteroatoms. The number of imidazole rings is 1. The van der Waals surface area contributed by atoms with Crippen molar-refractivity contribution in [3.8, 4) is 17.4 Å². The molecule has 0 saturated heterocycles. The zero-order chi connectivity index (χ0) is 22.6. The molecular weight excluding hydrogens is 419 g/mol. The van der Waals surface area contributed by atoms with Crippen molar-refractivity contribution in [2.75, 3.05) is 18.5 Å². The van der Waals surface area contributed by atoms with Crippen molar-refractivity contribution in [3.05, 3.63) is 66.1 Å². The highest BCUT2D eigenvalue weighted by Crippen LogP contribution is 2.37. The van der Waals surface area contributed by atoms with E-state index >= 15 is 0 Å². The second-order valence-electron chi connectivity index (χ2n) is 8.92. The first kappa shape index (κ1) is 19.7. The smallest absolute Gasteiger partial charge is 0.299 e. The molecule has 0 fully saturated rings. The van der Waals surface area contributed by atoms with E-state index in [9.17, 15) is 4.39 Å². The van der Waals surface area contributed by atoms with E-state index < -0.39 is 0 Å². The maximum absolute atomic E-state index is 14.6. The minimum atomic E-state index is -0.363. The number of anilines is 1. The van der Waals surface area contributed by atoms with Crippen molar-refractivity contribution in [1.29, 1.82) is 0 Å². The van der Waals surface area contributed by atoms with E-state index in [1.165, 1.54) is 17.0 Å². The third-order valence-electron chi connectivity index (χ3n) is 6.11. The van der Waals surface area contributed by atoms with E-state index in [0.29, 0.717) is 47.5 Å². The number of para-hydroxylation sites is 1. The molecule has 2 aromatic carbocycles. The predicted octanol–water partition coefficient (Wildman–Crippen LogP) is 4.90. The lowest BCUT2D eigenvalue weighted by Crippen LogP contribution is -2.26. The van der Waals surface area contributed by atoms with Gasteiger partial charge in [0.2, 0.25) is 0 Å². The predicted molar refractivity (Wildman–Crippen MR) is 126 cm³/mol. The molecule has 0 atom stereocenters. The van der Waals surface area contributed by atoms with Crippen LogP contribution in [0.25, 0.3) is 33.5 Å². The Labute approximate surface area is 189 Å². The van der Waals surface area contributed by atoms with Gasteiger partial charge in [0.25, 0.3) is 6.01 Å². The van der Waals surface area contributed by atoms with Crippen LogP contribution in [-0.4, -0.2) is 37.7 Å². The van der Waals surface area contributed by atoms with E-state index in [-0.39, 0.29) is 11.4 Å². The molecule has 2 N–H and O–H groups in total. The molecule has 0 saturated carbocycles. The number of hydrogen-bond donors (Lipinski definition) is 2. The third-order valence-corrected chi connectivity index (χ3v) is 6.11. The Morgan fingerprint density at radius 1 is 1.09 bits per heavy atom. The van der Waals surface area contributed by atoms with Crippen LogP contribution in [0.1, 0.15) is 19.4 Å². The molecule has 0 aliphatic carbocycles. The number of aromatic amines is 1. The van der Waals surface area contributed by atoms with Crippen LogP contribution in [0.3, 0.4) is 0 Å². The highest BCUT2D eigenvalue weighted by atomic mass is 19.1. The summed E-state index contributed by atoms with van der Waals surface area (Å²) in [5, 5.41) is 4.62. The average molecular weight is 442 g/mol. The third kappa shape index (κ3) is 3.21. The number of nitrogens with zero attached hydrogens (tertiary/aromatic N) is 4. The van der Waals surface area contributed by atoms with Crippen molar-refractivity contribution < 1.29 is 9.13 Å². The lowest BCUT2D eigenvalue weighted by Gasteiger charge is -2.18. The zero-order valence-electron chi connectivity index (χ0n) is 18.4. The van der Waals surface area contributed by atoms with Gasteiger partial charge >= 0.3 is 0 Å². The van der Waals surface area contributed by atoms with E-state index in [2.05, 4.69) is 46.2 Å². The molecule has 5 aromatic rings. The molecular formula is C25H23FN6O. The number of fused-ring (bicyclic) bond motifs is 4. The van der Waals surface area contributed by atoms with Crippen LogP contribution in [-0.2, 0) is 12.0 Å². The Hall–Kier alpha value is -3.94. The first-order valence-corrected chi connectivity index (χ1v) is 11.0. The molecule has 1 aliphatic heterocycles. The first-order chi connectivity index (χ1) is 16.0. The van der Waals surface area contributed by atoms with Gasteiger partial charge in [-0.15, -0.1) is 0 Å². The molecule has 0 spiro atoms. The SMILES string of the molecule is CC1(C)COc2nc3c(NCCc4c[nH]c5ccccc45)nc(-c4ccccc4F)nc3n21. The van der Waals surface area contributed by atoms with E-state index in [1.807, 2.05) is 22.9 Å². The minimum Gasteiger partial charge on any atom is -0.462 e. The summed E-state index contributed by atoms with van der Waals surface area (Å²) in [5.41, 5.74) is 3.63. The lowest BCUT2D eigenvalue weighted by molar-refractivity contribution is 0.268. The van der Waals surface area contributed by atoms with Gasteiger partial charge in [0.05, 0.1) is 11.1 Å². The van der Waals surface area contributed by atoms with Crippen LogP contribution in [0.4, 0.5) is 10.2 Å². The molecule has 4 heterocycles. The van der Waals surface area contributed by atoms with Gasteiger partial charge in [0.15, 0.2) is 22.8 Å². The molecule has 0 radical (unpaired) electrons. The van der Waals surface area contributed by atoms with Crippen molar-refractivity contribution in [2.45, 2.75) is 25.8 Å². The number of rotatable bonds is 5. The number of halogens is 1. The van der Waals surface area contributed by atoms with Crippen molar-refractivity contribution >= 4 is 27.9 Å². The van der Waals surface area contributed by atoms with Gasteiger partial charge in [-0.25, -0.2) is 14.4 Å². The van der Waals surface area contributed by atoms with Crippen molar-refractivity contribution in [1.82, 2.24) is 24.5 Å².